The van der Waals surface area contributed by atoms with E-state index in [9.17, 15) is 20.0 Å². The molecule has 0 bridgehead atoms. The second-order valence-corrected chi connectivity index (χ2v) is 6.88. The molecule has 0 spiro atoms. The normalized spacial score (nSPS) is 19.8. The quantitative estimate of drug-likeness (QED) is 0.610. The van der Waals surface area contributed by atoms with Crippen LogP contribution in [0.3, 0.4) is 0 Å². The Morgan fingerprint density at radius 2 is 2.00 bits per heavy atom. The lowest BCUT2D eigenvalue weighted by Crippen LogP contribution is -2.42. The molecule has 1 aliphatic heterocycles. The number of nitro groups is 1. The Labute approximate surface area is 140 Å². The Balaban J connectivity index is 1.54. The molecule has 24 heavy (non-hydrogen) atoms. The van der Waals surface area contributed by atoms with E-state index in [1.54, 1.807) is 18.2 Å². The Bertz CT molecular complexity index is 622. The van der Waals surface area contributed by atoms with Gasteiger partial charge in [-0.15, -0.1) is 0 Å². The monoisotopic (exact) mass is 333 g/mol. The highest BCUT2D eigenvalue weighted by Gasteiger charge is 2.42. The lowest BCUT2D eigenvalue weighted by atomic mass is 9.95. The summed E-state index contributed by atoms with van der Waals surface area (Å²) < 4.78 is 0. The van der Waals surface area contributed by atoms with E-state index in [1.807, 2.05) is 4.90 Å². The van der Waals surface area contributed by atoms with Gasteiger partial charge in [-0.1, -0.05) is 12.1 Å². The van der Waals surface area contributed by atoms with Crippen molar-refractivity contribution in [3.05, 3.63) is 34.4 Å². The molecular weight excluding hydrogens is 310 g/mol. The van der Waals surface area contributed by atoms with Gasteiger partial charge in [0.2, 0.25) is 5.91 Å². The Morgan fingerprint density at radius 1 is 1.33 bits per heavy atom. The van der Waals surface area contributed by atoms with Crippen molar-refractivity contribution in [2.24, 2.45) is 11.3 Å². The van der Waals surface area contributed by atoms with E-state index in [4.69, 9.17) is 0 Å². The average molecular weight is 333 g/mol. The lowest BCUT2D eigenvalue weighted by Gasteiger charge is -2.32. The predicted molar refractivity (Wildman–Crippen MR) is 89.8 cm³/mol. The molecule has 1 saturated heterocycles. The molecule has 2 fully saturated rings. The molecule has 3 rings (SSSR count). The Morgan fingerprint density at radius 3 is 2.58 bits per heavy atom. The molecule has 7 heteroatoms. The fourth-order valence-corrected chi connectivity index (χ4v) is 3.26. The van der Waals surface area contributed by atoms with E-state index < -0.39 is 0 Å². The average Bonchev–Trinajstić information content (AvgIpc) is 3.40. The van der Waals surface area contributed by atoms with Gasteiger partial charge >= 0.3 is 0 Å². The number of nitro benzene ring substituents is 1. The van der Waals surface area contributed by atoms with Crippen molar-refractivity contribution in [2.45, 2.75) is 25.7 Å². The molecule has 1 amide bonds. The molecule has 0 radical (unpaired) electrons. The van der Waals surface area contributed by atoms with Gasteiger partial charge in [0.05, 0.1) is 11.5 Å². The number of amides is 1. The van der Waals surface area contributed by atoms with E-state index >= 15 is 0 Å². The zero-order valence-electron chi connectivity index (χ0n) is 13.6. The summed E-state index contributed by atoms with van der Waals surface area (Å²) in [6.07, 6.45) is 3.31. The van der Waals surface area contributed by atoms with Crippen LogP contribution in [-0.2, 0) is 4.79 Å². The van der Waals surface area contributed by atoms with Crippen LogP contribution in [0.15, 0.2) is 24.3 Å². The summed E-state index contributed by atoms with van der Waals surface area (Å²) in [6, 6.07) is 6.73. The zero-order chi connectivity index (χ0) is 17.2. The largest absolute Gasteiger partial charge is 0.396 e. The molecule has 1 aromatic carbocycles. The van der Waals surface area contributed by atoms with E-state index in [1.165, 1.54) is 6.07 Å². The fraction of sp³-hybridized carbons (Fsp3) is 0.588. The Kier molecular flexibility index (Phi) is 4.71. The number of hydrogen-bond acceptors (Lipinski definition) is 5. The van der Waals surface area contributed by atoms with Crippen molar-refractivity contribution in [1.29, 1.82) is 0 Å². The second-order valence-electron chi connectivity index (χ2n) is 6.88. The van der Waals surface area contributed by atoms with Crippen LogP contribution in [-0.4, -0.2) is 42.2 Å². The molecule has 7 nitrogen and oxygen atoms in total. The van der Waals surface area contributed by atoms with Gasteiger partial charge in [-0.25, -0.2) is 0 Å². The number of rotatable bonds is 6. The number of benzene rings is 1. The van der Waals surface area contributed by atoms with Crippen molar-refractivity contribution < 1.29 is 14.8 Å². The van der Waals surface area contributed by atoms with Crippen LogP contribution in [0.2, 0.25) is 0 Å². The maximum atomic E-state index is 12.3. The third-order valence-electron chi connectivity index (χ3n) is 5.22. The Hall–Kier alpha value is -2.15. The zero-order valence-corrected chi connectivity index (χ0v) is 13.6. The van der Waals surface area contributed by atoms with Crippen LogP contribution in [0.4, 0.5) is 11.4 Å². The van der Waals surface area contributed by atoms with E-state index in [0.717, 1.165) is 12.8 Å². The van der Waals surface area contributed by atoms with Gasteiger partial charge in [0.15, 0.2) is 0 Å². The summed E-state index contributed by atoms with van der Waals surface area (Å²) in [5.41, 5.74) is 0.652. The number of aliphatic hydroxyl groups excluding tert-OH is 1. The molecule has 130 valence electrons. The van der Waals surface area contributed by atoms with Crippen LogP contribution >= 0.6 is 0 Å². The highest BCUT2D eigenvalue weighted by molar-refractivity contribution is 5.79. The van der Waals surface area contributed by atoms with Crippen LogP contribution in [0.1, 0.15) is 25.7 Å². The van der Waals surface area contributed by atoms with Crippen molar-refractivity contribution in [3.63, 3.8) is 0 Å². The molecule has 0 atom stereocenters. The highest BCUT2D eigenvalue weighted by Crippen LogP contribution is 2.44. The minimum atomic E-state index is -0.363. The summed E-state index contributed by atoms with van der Waals surface area (Å²) in [7, 11) is 0. The van der Waals surface area contributed by atoms with Gasteiger partial charge in [0.1, 0.15) is 5.69 Å². The smallest absolute Gasteiger partial charge is 0.292 e. The summed E-state index contributed by atoms with van der Waals surface area (Å²) in [5, 5.41) is 23.4. The first kappa shape index (κ1) is 16.7. The molecule has 1 aromatic rings. The molecular formula is C17H23N3O4. The number of aliphatic hydroxyl groups is 1. The first-order valence-electron chi connectivity index (χ1n) is 8.42. The highest BCUT2D eigenvalue weighted by atomic mass is 16.6. The number of hydrogen-bond donors (Lipinski definition) is 2. The van der Waals surface area contributed by atoms with Crippen molar-refractivity contribution in [3.8, 4) is 0 Å². The number of piperidine rings is 1. The van der Waals surface area contributed by atoms with Gasteiger partial charge in [0, 0.05) is 37.0 Å². The second kappa shape index (κ2) is 6.76. The molecule has 1 saturated carbocycles. The third kappa shape index (κ3) is 3.51. The lowest BCUT2D eigenvalue weighted by molar-refractivity contribution is -0.384. The summed E-state index contributed by atoms with van der Waals surface area (Å²) in [5.74, 6) is -0.0181. The SMILES string of the molecule is O=C(NCC1(CO)CC1)C1CCN(c2ccccc2[N+](=O)[O-])CC1. The van der Waals surface area contributed by atoms with Gasteiger partial charge < -0.3 is 15.3 Å². The minimum absolute atomic E-state index is 0.0388. The fourth-order valence-electron chi connectivity index (χ4n) is 3.26. The van der Waals surface area contributed by atoms with Crippen LogP contribution < -0.4 is 10.2 Å². The molecule has 1 heterocycles. The van der Waals surface area contributed by atoms with Crippen LogP contribution in [0, 0.1) is 21.4 Å². The predicted octanol–water partition coefficient (Wildman–Crippen LogP) is 1.70. The summed E-state index contributed by atoms with van der Waals surface area (Å²) in [4.78, 5) is 25.1. The van der Waals surface area contributed by atoms with E-state index in [-0.39, 0.29) is 34.5 Å². The number of para-hydroxylation sites is 2. The van der Waals surface area contributed by atoms with E-state index in [0.29, 0.717) is 38.2 Å². The van der Waals surface area contributed by atoms with Gasteiger partial charge in [-0.3, -0.25) is 14.9 Å². The van der Waals surface area contributed by atoms with E-state index in [2.05, 4.69) is 5.32 Å². The topological polar surface area (TPSA) is 95.7 Å². The van der Waals surface area contributed by atoms with Gasteiger partial charge in [0.25, 0.3) is 5.69 Å². The summed E-state index contributed by atoms with van der Waals surface area (Å²) >= 11 is 0. The first-order valence-corrected chi connectivity index (χ1v) is 8.42. The molecule has 2 N–H and O–H groups in total. The van der Waals surface area contributed by atoms with Crippen molar-refractivity contribution in [2.75, 3.05) is 31.1 Å². The summed E-state index contributed by atoms with van der Waals surface area (Å²) in [6.45, 7) is 1.94. The van der Waals surface area contributed by atoms with Crippen LogP contribution in [0.5, 0.6) is 0 Å². The molecule has 1 aliphatic carbocycles. The number of nitrogens with one attached hydrogen (secondary N) is 1. The number of anilines is 1. The maximum Gasteiger partial charge on any atom is 0.292 e. The number of carbonyl (C=O) groups is 1. The number of nitrogens with zero attached hydrogens (tertiary/aromatic N) is 2. The van der Waals surface area contributed by atoms with Crippen molar-refractivity contribution in [1.82, 2.24) is 5.32 Å². The third-order valence-corrected chi connectivity index (χ3v) is 5.22. The number of carbonyl (C=O) groups excluding carboxylic acids is 1. The first-order chi connectivity index (χ1) is 11.5. The maximum absolute atomic E-state index is 12.3. The molecule has 2 aliphatic rings. The van der Waals surface area contributed by atoms with Gasteiger partial charge in [-0.2, -0.15) is 0 Å². The molecule has 0 unspecified atom stereocenters. The van der Waals surface area contributed by atoms with Crippen molar-refractivity contribution >= 4 is 17.3 Å². The standard InChI is InChI=1S/C17H23N3O4/c21-12-17(7-8-17)11-18-16(22)13-5-9-19(10-6-13)14-3-1-2-4-15(14)20(23)24/h1-4,13,21H,5-12H2,(H,18,22). The van der Waals surface area contributed by atoms with Gasteiger partial charge in [-0.05, 0) is 31.7 Å². The molecule has 0 aromatic heterocycles. The minimum Gasteiger partial charge on any atom is -0.396 e. The van der Waals surface area contributed by atoms with Crippen LogP contribution in [0.25, 0.3) is 0 Å².